The third-order valence-electron chi connectivity index (χ3n) is 11.8. The van der Waals surface area contributed by atoms with Gasteiger partial charge >= 0.3 is 0 Å². The maximum Gasteiger partial charge on any atom is 0.227 e. The summed E-state index contributed by atoms with van der Waals surface area (Å²) in [5, 5.41) is 6.08. The normalized spacial score (nSPS) is 13.2. The molecule has 1 aliphatic carbocycles. The molecule has 0 aliphatic heterocycles. The first-order valence-corrected chi connectivity index (χ1v) is 19.2. The molecule has 12 rings (SSSR count). The summed E-state index contributed by atoms with van der Waals surface area (Å²) in [6.07, 6.45) is 0. The van der Waals surface area contributed by atoms with E-state index in [1.165, 1.54) is 22.3 Å². The Morgan fingerprint density at radius 3 is 1.98 bits per heavy atom. The molecule has 0 spiro atoms. The summed E-state index contributed by atoms with van der Waals surface area (Å²) >= 11 is 0. The van der Waals surface area contributed by atoms with Crippen molar-refractivity contribution in [3.63, 3.8) is 0 Å². The van der Waals surface area contributed by atoms with E-state index in [-0.39, 0.29) is 5.41 Å². The highest BCUT2D eigenvalue weighted by Crippen LogP contribution is 2.50. The van der Waals surface area contributed by atoms with Gasteiger partial charge in [-0.25, -0.2) is 19.9 Å². The van der Waals surface area contributed by atoms with Crippen LogP contribution in [-0.4, -0.2) is 19.9 Å². The number of furan rings is 1. The molecule has 3 heterocycles. The van der Waals surface area contributed by atoms with Crippen LogP contribution >= 0.6 is 0 Å². The summed E-state index contributed by atoms with van der Waals surface area (Å²) < 4.78 is 13.2. The minimum absolute atomic E-state index is 0.107. The number of aromatic nitrogens is 4. The van der Waals surface area contributed by atoms with Crippen LogP contribution in [0.15, 0.2) is 167 Å². The van der Waals surface area contributed by atoms with Crippen LogP contribution in [0.4, 0.5) is 0 Å². The van der Waals surface area contributed by atoms with Gasteiger partial charge in [-0.1, -0.05) is 135 Å². The zero-order valence-electron chi connectivity index (χ0n) is 31.1. The van der Waals surface area contributed by atoms with E-state index in [0.717, 1.165) is 65.7 Å². The molecule has 0 radical (unpaired) electrons. The molecule has 268 valence electrons. The maximum atomic E-state index is 6.68. The SMILES string of the molecule is CC1(C)c2ccccc2-c2cc(-c3nc(-c4cccc5ccccc45)nc(-c4cc5oc6ccc7nc(-c8ccccc8)oc7c6c5c5ccccc45)n3)ccc21. The first-order valence-electron chi connectivity index (χ1n) is 19.2. The Morgan fingerprint density at radius 2 is 1.11 bits per heavy atom. The predicted molar refractivity (Wildman–Crippen MR) is 229 cm³/mol. The Kier molecular flexibility index (Phi) is 6.59. The van der Waals surface area contributed by atoms with Gasteiger partial charge in [-0.2, -0.15) is 0 Å². The van der Waals surface area contributed by atoms with Crippen LogP contribution in [0.3, 0.4) is 0 Å². The van der Waals surface area contributed by atoms with E-state index in [1.807, 2.05) is 42.5 Å². The van der Waals surface area contributed by atoms with Crippen LogP contribution in [0.1, 0.15) is 25.0 Å². The predicted octanol–water partition coefficient (Wildman–Crippen LogP) is 13.2. The van der Waals surface area contributed by atoms with Gasteiger partial charge in [0.1, 0.15) is 16.7 Å². The molecule has 6 nitrogen and oxygen atoms in total. The number of rotatable bonds is 4. The van der Waals surface area contributed by atoms with Gasteiger partial charge in [-0.05, 0) is 80.2 Å². The van der Waals surface area contributed by atoms with Crippen molar-refractivity contribution in [2.24, 2.45) is 0 Å². The van der Waals surface area contributed by atoms with Gasteiger partial charge in [0.25, 0.3) is 0 Å². The highest BCUT2D eigenvalue weighted by Gasteiger charge is 2.35. The lowest BCUT2D eigenvalue weighted by Gasteiger charge is -2.21. The van der Waals surface area contributed by atoms with Crippen LogP contribution in [0.2, 0.25) is 0 Å². The minimum Gasteiger partial charge on any atom is -0.456 e. The van der Waals surface area contributed by atoms with E-state index < -0.39 is 0 Å². The van der Waals surface area contributed by atoms with Crippen LogP contribution < -0.4 is 0 Å². The number of nitrogens with zero attached hydrogens (tertiary/aromatic N) is 4. The van der Waals surface area contributed by atoms with Crippen molar-refractivity contribution in [3.05, 3.63) is 169 Å². The third kappa shape index (κ3) is 4.71. The molecular formula is C51H32N4O2. The summed E-state index contributed by atoms with van der Waals surface area (Å²) in [4.78, 5) is 20.7. The van der Waals surface area contributed by atoms with Gasteiger partial charge in [0.15, 0.2) is 23.1 Å². The van der Waals surface area contributed by atoms with Crippen molar-refractivity contribution < 1.29 is 8.83 Å². The average molecular weight is 733 g/mol. The van der Waals surface area contributed by atoms with Gasteiger partial charge < -0.3 is 8.83 Å². The topological polar surface area (TPSA) is 77.8 Å². The quantitative estimate of drug-likeness (QED) is 0.179. The molecule has 3 aromatic heterocycles. The van der Waals surface area contributed by atoms with Crippen LogP contribution in [0.25, 0.3) is 111 Å². The third-order valence-corrected chi connectivity index (χ3v) is 11.8. The fraction of sp³-hybridized carbons (Fsp3) is 0.0588. The van der Waals surface area contributed by atoms with Crippen LogP contribution in [0, 0.1) is 0 Å². The summed E-state index contributed by atoms with van der Waals surface area (Å²) in [5.41, 5.74) is 11.6. The van der Waals surface area contributed by atoms with Crippen molar-refractivity contribution in [2.45, 2.75) is 19.3 Å². The van der Waals surface area contributed by atoms with Gasteiger partial charge in [-0.3, -0.25) is 0 Å². The maximum absolute atomic E-state index is 6.68. The Labute approximate surface area is 327 Å². The second kappa shape index (κ2) is 11.8. The zero-order chi connectivity index (χ0) is 37.8. The molecule has 0 unspecified atom stereocenters. The Bertz CT molecular complexity index is 3450. The van der Waals surface area contributed by atoms with E-state index in [2.05, 4.69) is 129 Å². The highest BCUT2D eigenvalue weighted by atomic mass is 16.4. The van der Waals surface area contributed by atoms with Crippen molar-refractivity contribution in [2.75, 3.05) is 0 Å². The van der Waals surface area contributed by atoms with Gasteiger partial charge in [0, 0.05) is 33.1 Å². The lowest BCUT2D eigenvalue weighted by molar-refractivity contribution is 0.622. The van der Waals surface area contributed by atoms with Crippen molar-refractivity contribution in [3.8, 4) is 56.7 Å². The molecule has 6 heteroatoms. The number of benzene rings is 8. The van der Waals surface area contributed by atoms with Crippen molar-refractivity contribution >= 4 is 54.6 Å². The molecule has 1 aliphatic rings. The average Bonchev–Trinajstić information content (AvgIpc) is 3.94. The second-order valence-corrected chi connectivity index (χ2v) is 15.4. The Balaban J connectivity index is 1.12. The van der Waals surface area contributed by atoms with Crippen LogP contribution in [-0.2, 0) is 5.41 Å². The largest absolute Gasteiger partial charge is 0.456 e. The van der Waals surface area contributed by atoms with Crippen molar-refractivity contribution in [1.82, 2.24) is 19.9 Å². The van der Waals surface area contributed by atoms with Gasteiger partial charge in [-0.15, -0.1) is 0 Å². The molecule has 0 fully saturated rings. The molecule has 0 saturated carbocycles. The lowest BCUT2D eigenvalue weighted by Crippen LogP contribution is -2.14. The Morgan fingerprint density at radius 1 is 0.421 bits per heavy atom. The molecule has 0 bridgehead atoms. The molecular weight excluding hydrogens is 701 g/mol. The summed E-state index contributed by atoms with van der Waals surface area (Å²) in [6.45, 7) is 4.60. The standard InChI is InChI=1S/C51H32N4O2/c1-51(2)39-22-11-10-19-34(39)37-27-31(23-24-40(37)51)47-53-48(36-21-12-16-29-13-6-7-17-32(29)36)55-49(54-47)38-28-43-44(35-20-9-8-18-33(35)38)45-42(56-43)26-25-41-46(45)57-50(52-41)30-14-4-3-5-15-30/h3-28H,1-2H3. The van der Waals surface area contributed by atoms with E-state index in [0.29, 0.717) is 34.5 Å². The minimum atomic E-state index is -0.107. The van der Waals surface area contributed by atoms with E-state index in [4.69, 9.17) is 28.8 Å². The molecule has 11 aromatic rings. The van der Waals surface area contributed by atoms with E-state index in [9.17, 15) is 0 Å². The fourth-order valence-electron chi connectivity index (χ4n) is 9.02. The zero-order valence-corrected chi connectivity index (χ0v) is 31.1. The lowest BCUT2D eigenvalue weighted by atomic mass is 9.82. The van der Waals surface area contributed by atoms with E-state index >= 15 is 0 Å². The van der Waals surface area contributed by atoms with E-state index in [1.54, 1.807) is 0 Å². The highest BCUT2D eigenvalue weighted by molar-refractivity contribution is 6.27. The monoisotopic (exact) mass is 732 g/mol. The first-order chi connectivity index (χ1) is 28.0. The second-order valence-electron chi connectivity index (χ2n) is 15.4. The molecule has 57 heavy (non-hydrogen) atoms. The number of hydrogen-bond acceptors (Lipinski definition) is 6. The molecule has 0 N–H and O–H groups in total. The first kappa shape index (κ1) is 31.9. The van der Waals surface area contributed by atoms with Crippen molar-refractivity contribution in [1.29, 1.82) is 0 Å². The summed E-state index contributed by atoms with van der Waals surface area (Å²) in [5.74, 6) is 2.36. The summed E-state index contributed by atoms with van der Waals surface area (Å²) in [6, 6.07) is 54.4. The number of fused-ring (bicyclic) bond motifs is 11. The molecule has 0 amide bonds. The van der Waals surface area contributed by atoms with Gasteiger partial charge in [0.05, 0.1) is 5.39 Å². The smallest absolute Gasteiger partial charge is 0.227 e. The molecule has 8 aromatic carbocycles. The van der Waals surface area contributed by atoms with Crippen LogP contribution in [0.5, 0.6) is 0 Å². The number of oxazole rings is 1. The molecule has 0 saturated heterocycles. The van der Waals surface area contributed by atoms with Gasteiger partial charge in [0.2, 0.25) is 5.89 Å². The Hall–Kier alpha value is -7.44. The fourth-order valence-corrected chi connectivity index (χ4v) is 9.02. The number of hydrogen-bond donors (Lipinski definition) is 0. The molecule has 0 atom stereocenters. The summed E-state index contributed by atoms with van der Waals surface area (Å²) in [7, 11) is 0.